The molecule has 4 rings (SSSR count). The summed E-state index contributed by atoms with van der Waals surface area (Å²) in [6.45, 7) is 3.28. The lowest BCUT2D eigenvalue weighted by atomic mass is 9.83. The Kier molecular flexibility index (Phi) is 6.69. The summed E-state index contributed by atoms with van der Waals surface area (Å²) in [5.74, 6) is 1.48. The predicted molar refractivity (Wildman–Crippen MR) is 123 cm³/mol. The van der Waals surface area contributed by atoms with Gasteiger partial charge in [0, 0.05) is 25.3 Å². The number of nitrogens with one attached hydrogen (secondary N) is 1. The second-order valence-electron chi connectivity index (χ2n) is 9.02. The molecule has 2 aromatic rings. The molecule has 2 fully saturated rings. The topological polar surface area (TPSA) is 76.5 Å². The minimum absolute atomic E-state index is 0.0675. The number of rotatable bonds is 7. The van der Waals surface area contributed by atoms with Gasteiger partial charge in [0.05, 0.1) is 31.2 Å². The largest absolute Gasteiger partial charge is 0.376 e. The van der Waals surface area contributed by atoms with Crippen molar-refractivity contribution in [3.05, 3.63) is 47.8 Å². The number of aromatic nitrogens is 2. The molecule has 0 unspecified atom stereocenters. The van der Waals surface area contributed by atoms with E-state index in [1.54, 1.807) is 0 Å². The van der Waals surface area contributed by atoms with Crippen molar-refractivity contribution in [1.82, 2.24) is 14.3 Å². The zero-order chi connectivity index (χ0) is 22.0. The molecule has 1 aromatic heterocycles. The van der Waals surface area contributed by atoms with Crippen molar-refractivity contribution in [2.75, 3.05) is 24.3 Å². The molecule has 1 saturated carbocycles. The van der Waals surface area contributed by atoms with Crippen molar-refractivity contribution >= 4 is 16.0 Å². The van der Waals surface area contributed by atoms with Gasteiger partial charge in [-0.3, -0.25) is 0 Å². The molecule has 0 amide bonds. The molecule has 8 heteroatoms. The van der Waals surface area contributed by atoms with Gasteiger partial charge < -0.3 is 14.2 Å². The summed E-state index contributed by atoms with van der Waals surface area (Å²) in [4.78, 5) is 6.77. The zero-order valence-corrected chi connectivity index (χ0v) is 19.5. The molecule has 2 aliphatic rings. The van der Waals surface area contributed by atoms with E-state index in [1.165, 1.54) is 11.8 Å². The second-order valence-corrected chi connectivity index (χ2v) is 10.8. The first-order chi connectivity index (χ1) is 14.8. The van der Waals surface area contributed by atoms with Crippen LogP contribution >= 0.6 is 0 Å². The lowest BCUT2D eigenvalue weighted by Gasteiger charge is -2.33. The average Bonchev–Trinajstić information content (AvgIpc) is 3.28. The van der Waals surface area contributed by atoms with Crippen LogP contribution in [0.5, 0.6) is 0 Å². The SMILES string of the molecule is Cc1cnc(N2CC[C@H](NS(C)(=O)=O)[C@@H]2COC2CCC(c3ccccc3)CC2)n1C. The molecular formula is C23H34N4O3S. The van der Waals surface area contributed by atoms with Crippen molar-refractivity contribution in [3.63, 3.8) is 0 Å². The zero-order valence-electron chi connectivity index (χ0n) is 18.7. The third-order valence-corrected chi connectivity index (χ3v) is 7.54. The highest BCUT2D eigenvalue weighted by molar-refractivity contribution is 7.88. The summed E-state index contributed by atoms with van der Waals surface area (Å²) in [7, 11) is -1.29. The van der Waals surface area contributed by atoms with Crippen molar-refractivity contribution in [3.8, 4) is 0 Å². The second kappa shape index (κ2) is 9.30. The minimum Gasteiger partial charge on any atom is -0.376 e. The molecule has 1 aliphatic heterocycles. The number of benzene rings is 1. The van der Waals surface area contributed by atoms with Gasteiger partial charge >= 0.3 is 0 Å². The number of hydrogen-bond acceptors (Lipinski definition) is 5. The summed E-state index contributed by atoms with van der Waals surface area (Å²) < 4.78 is 35.1. The highest BCUT2D eigenvalue weighted by atomic mass is 32.2. The Morgan fingerprint density at radius 1 is 1.13 bits per heavy atom. The lowest BCUT2D eigenvalue weighted by molar-refractivity contribution is 0.0155. The van der Waals surface area contributed by atoms with Crippen molar-refractivity contribution in [2.45, 2.75) is 63.1 Å². The van der Waals surface area contributed by atoms with Crippen LogP contribution in [0.3, 0.4) is 0 Å². The Morgan fingerprint density at radius 2 is 1.84 bits per heavy atom. The van der Waals surface area contributed by atoms with Gasteiger partial charge in [0.15, 0.2) is 0 Å². The van der Waals surface area contributed by atoms with Crippen LogP contribution in [0, 0.1) is 6.92 Å². The van der Waals surface area contributed by atoms with Crippen LogP contribution in [-0.4, -0.2) is 55.6 Å². The number of anilines is 1. The molecule has 2 atom stereocenters. The summed E-state index contributed by atoms with van der Waals surface area (Å²) in [5.41, 5.74) is 2.50. The maximum atomic E-state index is 11.9. The van der Waals surface area contributed by atoms with E-state index in [0.717, 1.165) is 50.3 Å². The first kappa shape index (κ1) is 22.3. The van der Waals surface area contributed by atoms with Crippen LogP contribution in [0.2, 0.25) is 0 Å². The van der Waals surface area contributed by atoms with Gasteiger partial charge in [0.25, 0.3) is 0 Å². The molecule has 1 N–H and O–H groups in total. The summed E-state index contributed by atoms with van der Waals surface area (Å²) in [6, 6.07) is 10.5. The average molecular weight is 447 g/mol. The highest BCUT2D eigenvalue weighted by Crippen LogP contribution is 2.34. The standard InChI is InChI=1S/C23H34N4O3S/c1-17-15-24-23(26(17)2)27-14-13-21(25-31(3,28)29)22(27)16-30-20-11-9-19(10-12-20)18-7-5-4-6-8-18/h4-8,15,19-22,25H,9-14,16H2,1-3H3/t19?,20?,21-,22-/m0/s1. The van der Waals surface area contributed by atoms with E-state index in [4.69, 9.17) is 4.74 Å². The molecule has 7 nitrogen and oxygen atoms in total. The summed E-state index contributed by atoms with van der Waals surface area (Å²) in [5, 5.41) is 0. The Labute approximate surface area is 185 Å². The Morgan fingerprint density at radius 3 is 2.45 bits per heavy atom. The first-order valence-corrected chi connectivity index (χ1v) is 13.1. The van der Waals surface area contributed by atoms with E-state index >= 15 is 0 Å². The number of imidazole rings is 1. The van der Waals surface area contributed by atoms with Gasteiger partial charge in [0.2, 0.25) is 16.0 Å². The van der Waals surface area contributed by atoms with Gasteiger partial charge in [-0.15, -0.1) is 0 Å². The van der Waals surface area contributed by atoms with Gasteiger partial charge in [-0.2, -0.15) is 0 Å². The fraction of sp³-hybridized carbons (Fsp3) is 0.609. The number of ether oxygens (including phenoxy) is 1. The van der Waals surface area contributed by atoms with E-state index in [0.29, 0.717) is 12.5 Å². The Bertz CT molecular complexity index is 968. The molecule has 1 saturated heterocycles. The molecule has 2 heterocycles. The van der Waals surface area contributed by atoms with E-state index in [9.17, 15) is 8.42 Å². The quantitative estimate of drug-likeness (QED) is 0.708. The smallest absolute Gasteiger partial charge is 0.209 e. The molecule has 1 aromatic carbocycles. The summed E-state index contributed by atoms with van der Waals surface area (Å²) >= 11 is 0. The van der Waals surface area contributed by atoms with Crippen LogP contribution < -0.4 is 9.62 Å². The fourth-order valence-electron chi connectivity index (χ4n) is 4.99. The summed E-state index contributed by atoms with van der Waals surface area (Å²) in [6.07, 6.45) is 8.39. The predicted octanol–water partition coefficient (Wildman–Crippen LogP) is 2.97. The van der Waals surface area contributed by atoms with Gasteiger partial charge in [-0.1, -0.05) is 30.3 Å². The van der Waals surface area contributed by atoms with Crippen molar-refractivity contribution in [1.29, 1.82) is 0 Å². The normalized spacial score (nSPS) is 27.0. The maximum Gasteiger partial charge on any atom is 0.209 e. The molecule has 0 radical (unpaired) electrons. The van der Waals surface area contributed by atoms with Crippen LogP contribution in [0.25, 0.3) is 0 Å². The number of nitrogens with zero attached hydrogens (tertiary/aromatic N) is 3. The van der Waals surface area contributed by atoms with Crippen molar-refractivity contribution in [2.24, 2.45) is 7.05 Å². The van der Waals surface area contributed by atoms with E-state index in [1.807, 2.05) is 20.2 Å². The number of sulfonamides is 1. The Balaban J connectivity index is 1.40. The van der Waals surface area contributed by atoms with Crippen LogP contribution in [0.15, 0.2) is 36.5 Å². The molecule has 31 heavy (non-hydrogen) atoms. The molecule has 0 spiro atoms. The Hall–Kier alpha value is -1.90. The fourth-order valence-corrected chi connectivity index (χ4v) is 5.82. The van der Waals surface area contributed by atoms with Gasteiger partial charge in [-0.05, 0) is 50.5 Å². The van der Waals surface area contributed by atoms with Crippen LogP contribution in [0.4, 0.5) is 5.95 Å². The third kappa shape index (κ3) is 5.30. The monoisotopic (exact) mass is 446 g/mol. The van der Waals surface area contributed by atoms with E-state index in [2.05, 4.69) is 49.5 Å². The van der Waals surface area contributed by atoms with E-state index < -0.39 is 10.0 Å². The van der Waals surface area contributed by atoms with Crippen LogP contribution in [0.1, 0.15) is 49.3 Å². The third-order valence-electron chi connectivity index (χ3n) is 6.81. The first-order valence-electron chi connectivity index (χ1n) is 11.2. The number of hydrogen-bond donors (Lipinski definition) is 1. The molecular weight excluding hydrogens is 412 g/mol. The molecule has 0 bridgehead atoms. The highest BCUT2D eigenvalue weighted by Gasteiger charge is 2.38. The van der Waals surface area contributed by atoms with Crippen molar-refractivity contribution < 1.29 is 13.2 Å². The van der Waals surface area contributed by atoms with E-state index in [-0.39, 0.29) is 18.2 Å². The lowest BCUT2D eigenvalue weighted by Crippen LogP contribution is -2.48. The van der Waals surface area contributed by atoms with Crippen LogP contribution in [-0.2, 0) is 21.8 Å². The minimum atomic E-state index is -3.29. The maximum absolute atomic E-state index is 11.9. The molecule has 1 aliphatic carbocycles. The number of aryl methyl sites for hydroxylation is 1. The van der Waals surface area contributed by atoms with Gasteiger partial charge in [0.1, 0.15) is 0 Å². The van der Waals surface area contributed by atoms with Gasteiger partial charge in [-0.25, -0.2) is 18.1 Å². The molecule has 170 valence electrons.